The molecule has 4 heteroatoms. The molecule has 0 aliphatic heterocycles. The number of hydrogen-bond acceptors (Lipinski definition) is 2. The van der Waals surface area contributed by atoms with E-state index in [-0.39, 0.29) is 11.5 Å². The molecule has 0 aliphatic carbocycles. The summed E-state index contributed by atoms with van der Waals surface area (Å²) in [4.78, 5) is 27.1. The lowest BCUT2D eigenvalue weighted by atomic mass is 10.1. The average Bonchev–Trinajstić information content (AvgIpc) is 2.62. The van der Waals surface area contributed by atoms with Crippen LogP contribution in [0.3, 0.4) is 0 Å². The van der Waals surface area contributed by atoms with Gasteiger partial charge in [0.05, 0.1) is 0 Å². The van der Waals surface area contributed by atoms with Gasteiger partial charge < -0.3 is 10.3 Å². The molecule has 2 N–H and O–H groups in total. The van der Waals surface area contributed by atoms with Gasteiger partial charge in [0.1, 0.15) is 0 Å². The number of nitrogens with one attached hydrogen (secondary N) is 2. The first-order chi connectivity index (χ1) is 12.5. The van der Waals surface area contributed by atoms with Gasteiger partial charge in [-0.15, -0.1) is 0 Å². The summed E-state index contributed by atoms with van der Waals surface area (Å²) in [6, 6.07) is 16.1. The molecule has 1 aromatic heterocycles. The van der Waals surface area contributed by atoms with E-state index in [9.17, 15) is 9.59 Å². The van der Waals surface area contributed by atoms with Crippen molar-refractivity contribution < 1.29 is 4.79 Å². The number of aryl methyl sites for hydroxylation is 3. The zero-order valence-corrected chi connectivity index (χ0v) is 15.3. The van der Waals surface area contributed by atoms with Crippen LogP contribution >= 0.6 is 0 Å². The molecular weight excluding hydrogens is 324 g/mol. The third-order valence-electron chi connectivity index (χ3n) is 4.55. The summed E-state index contributed by atoms with van der Waals surface area (Å²) in [7, 11) is 0. The van der Waals surface area contributed by atoms with E-state index in [1.807, 2.05) is 32.0 Å². The third-order valence-corrected chi connectivity index (χ3v) is 4.55. The molecule has 4 nitrogen and oxygen atoms in total. The van der Waals surface area contributed by atoms with Crippen molar-refractivity contribution in [2.45, 2.75) is 33.1 Å². The highest BCUT2D eigenvalue weighted by molar-refractivity contribution is 5.79. The van der Waals surface area contributed by atoms with Crippen molar-refractivity contribution in [1.29, 1.82) is 0 Å². The van der Waals surface area contributed by atoms with Gasteiger partial charge in [0.15, 0.2) is 0 Å². The predicted octanol–water partition coefficient (Wildman–Crippen LogP) is 3.44. The van der Waals surface area contributed by atoms with Gasteiger partial charge in [-0.25, -0.2) is 0 Å². The number of amides is 1. The van der Waals surface area contributed by atoms with Crippen LogP contribution in [-0.2, 0) is 17.6 Å². The molecule has 0 atom stereocenters. The SMILES string of the molecule is Cc1ccc(CCC(=O)NCCc2cc3cc(C)ccc3[nH]c2=O)cc1. The van der Waals surface area contributed by atoms with Crippen LogP contribution in [0, 0.1) is 13.8 Å². The summed E-state index contributed by atoms with van der Waals surface area (Å²) in [6.07, 6.45) is 1.70. The topological polar surface area (TPSA) is 62.0 Å². The molecule has 134 valence electrons. The van der Waals surface area contributed by atoms with E-state index in [4.69, 9.17) is 0 Å². The molecule has 0 radical (unpaired) electrons. The summed E-state index contributed by atoms with van der Waals surface area (Å²) < 4.78 is 0. The lowest BCUT2D eigenvalue weighted by molar-refractivity contribution is -0.121. The summed E-state index contributed by atoms with van der Waals surface area (Å²) in [5.41, 5.74) is 4.98. The first kappa shape index (κ1) is 17.9. The van der Waals surface area contributed by atoms with Crippen molar-refractivity contribution in [3.63, 3.8) is 0 Å². The predicted molar refractivity (Wildman–Crippen MR) is 106 cm³/mol. The fourth-order valence-corrected chi connectivity index (χ4v) is 2.99. The Morgan fingerprint density at radius 3 is 2.46 bits per heavy atom. The van der Waals surface area contributed by atoms with E-state index in [1.54, 1.807) is 0 Å². The second-order valence-electron chi connectivity index (χ2n) is 6.80. The second kappa shape index (κ2) is 8.00. The van der Waals surface area contributed by atoms with Crippen molar-refractivity contribution in [2.24, 2.45) is 0 Å². The Hall–Kier alpha value is -2.88. The number of fused-ring (bicyclic) bond motifs is 1. The number of hydrogen-bond donors (Lipinski definition) is 2. The number of aromatic amines is 1. The maximum atomic E-state index is 12.2. The van der Waals surface area contributed by atoms with Gasteiger partial charge in [-0.2, -0.15) is 0 Å². The molecule has 1 heterocycles. The molecule has 0 saturated heterocycles. The molecular formula is C22H24N2O2. The second-order valence-corrected chi connectivity index (χ2v) is 6.80. The van der Waals surface area contributed by atoms with Gasteiger partial charge in [-0.1, -0.05) is 41.5 Å². The Bertz CT molecular complexity index is 972. The average molecular weight is 348 g/mol. The number of carbonyl (C=O) groups is 1. The highest BCUT2D eigenvalue weighted by Gasteiger charge is 2.06. The van der Waals surface area contributed by atoms with Crippen LogP contribution in [0.5, 0.6) is 0 Å². The Balaban J connectivity index is 1.53. The zero-order chi connectivity index (χ0) is 18.5. The lowest BCUT2D eigenvalue weighted by Crippen LogP contribution is -2.27. The first-order valence-electron chi connectivity index (χ1n) is 8.96. The normalized spacial score (nSPS) is 10.8. The molecule has 0 fully saturated rings. The molecule has 3 rings (SSSR count). The Kier molecular flexibility index (Phi) is 5.52. The lowest BCUT2D eigenvalue weighted by Gasteiger charge is -2.07. The van der Waals surface area contributed by atoms with Gasteiger partial charge in [0.25, 0.3) is 5.56 Å². The van der Waals surface area contributed by atoms with Crippen molar-refractivity contribution in [1.82, 2.24) is 10.3 Å². The smallest absolute Gasteiger partial charge is 0.251 e. The van der Waals surface area contributed by atoms with E-state index in [0.717, 1.165) is 28.5 Å². The van der Waals surface area contributed by atoms with E-state index in [2.05, 4.69) is 40.6 Å². The standard InChI is InChI=1S/C22H24N2O2/c1-15-3-6-17(7-4-15)8-10-21(25)23-12-11-18-14-19-13-16(2)5-9-20(19)24-22(18)26/h3-7,9,13-14H,8,10-12H2,1-2H3,(H,23,25)(H,24,26). The zero-order valence-electron chi connectivity index (χ0n) is 15.3. The van der Waals surface area contributed by atoms with Crippen LogP contribution in [0.4, 0.5) is 0 Å². The van der Waals surface area contributed by atoms with Gasteiger partial charge in [0.2, 0.25) is 5.91 Å². The van der Waals surface area contributed by atoms with Crippen LogP contribution in [0.1, 0.15) is 28.7 Å². The third kappa shape index (κ3) is 4.60. The van der Waals surface area contributed by atoms with Crippen molar-refractivity contribution in [2.75, 3.05) is 6.54 Å². The van der Waals surface area contributed by atoms with E-state index in [1.165, 1.54) is 5.56 Å². The van der Waals surface area contributed by atoms with E-state index < -0.39 is 0 Å². The van der Waals surface area contributed by atoms with Gasteiger partial charge >= 0.3 is 0 Å². The number of benzene rings is 2. The van der Waals surface area contributed by atoms with Crippen LogP contribution in [0.2, 0.25) is 0 Å². The molecule has 1 amide bonds. The van der Waals surface area contributed by atoms with Gasteiger partial charge in [0, 0.05) is 24.0 Å². The maximum absolute atomic E-state index is 12.2. The highest BCUT2D eigenvalue weighted by Crippen LogP contribution is 2.13. The van der Waals surface area contributed by atoms with Crippen molar-refractivity contribution >= 4 is 16.8 Å². The van der Waals surface area contributed by atoms with Crippen LogP contribution in [-0.4, -0.2) is 17.4 Å². The van der Waals surface area contributed by atoms with E-state index in [0.29, 0.717) is 24.9 Å². The highest BCUT2D eigenvalue weighted by atomic mass is 16.1. The molecule has 0 saturated carbocycles. The molecule has 26 heavy (non-hydrogen) atoms. The quantitative estimate of drug-likeness (QED) is 0.717. The van der Waals surface area contributed by atoms with Crippen molar-refractivity contribution in [3.8, 4) is 0 Å². The largest absolute Gasteiger partial charge is 0.356 e. The number of carbonyl (C=O) groups excluding carboxylic acids is 1. The summed E-state index contributed by atoms with van der Waals surface area (Å²) >= 11 is 0. The van der Waals surface area contributed by atoms with Gasteiger partial charge in [-0.3, -0.25) is 9.59 Å². The summed E-state index contributed by atoms with van der Waals surface area (Å²) in [6.45, 7) is 4.54. The summed E-state index contributed by atoms with van der Waals surface area (Å²) in [5, 5.41) is 3.93. The first-order valence-corrected chi connectivity index (χ1v) is 8.96. The fourth-order valence-electron chi connectivity index (χ4n) is 2.99. The van der Waals surface area contributed by atoms with Gasteiger partial charge in [-0.05, 0) is 55.8 Å². The Labute approximate surface area is 153 Å². The minimum absolute atomic E-state index is 0.0126. The number of rotatable bonds is 6. The number of aromatic nitrogens is 1. The van der Waals surface area contributed by atoms with Crippen molar-refractivity contribution in [3.05, 3.63) is 81.1 Å². The maximum Gasteiger partial charge on any atom is 0.251 e. The summed E-state index contributed by atoms with van der Waals surface area (Å²) in [5.74, 6) is 0.0126. The minimum atomic E-state index is -0.0877. The van der Waals surface area contributed by atoms with Crippen LogP contribution < -0.4 is 10.9 Å². The Morgan fingerprint density at radius 2 is 1.69 bits per heavy atom. The Morgan fingerprint density at radius 1 is 0.962 bits per heavy atom. The molecule has 3 aromatic rings. The minimum Gasteiger partial charge on any atom is -0.356 e. The fraction of sp³-hybridized carbons (Fsp3) is 0.273. The molecule has 0 bridgehead atoms. The number of pyridine rings is 1. The molecule has 0 spiro atoms. The van der Waals surface area contributed by atoms with Crippen LogP contribution in [0.15, 0.2) is 53.3 Å². The molecule has 0 unspecified atom stereocenters. The molecule has 0 aliphatic rings. The molecule has 2 aromatic carbocycles. The number of H-pyrrole nitrogens is 1. The van der Waals surface area contributed by atoms with E-state index >= 15 is 0 Å². The van der Waals surface area contributed by atoms with Crippen LogP contribution in [0.25, 0.3) is 10.9 Å². The monoisotopic (exact) mass is 348 g/mol.